The summed E-state index contributed by atoms with van der Waals surface area (Å²) in [5.74, 6) is 0. The van der Waals surface area contributed by atoms with Gasteiger partial charge in [0.2, 0.25) is 0 Å². The zero-order valence-electron chi connectivity index (χ0n) is 3.03. The molecule has 4 N–H and O–H groups in total. The Balaban J connectivity index is 3.48. The van der Waals surface area contributed by atoms with Gasteiger partial charge in [-0.05, 0) is 0 Å². The zero-order valence-corrected chi connectivity index (χ0v) is 3.93. The summed E-state index contributed by atoms with van der Waals surface area (Å²) in [7, 11) is -3.87. The van der Waals surface area contributed by atoms with Gasteiger partial charge < -0.3 is 15.5 Å². The predicted molar refractivity (Wildman–Crippen MR) is 21.1 cm³/mol. The van der Waals surface area contributed by atoms with E-state index in [2.05, 4.69) is 5.73 Å². The predicted octanol–water partition coefficient (Wildman–Crippen LogP) is -0.920. The van der Waals surface area contributed by atoms with E-state index < -0.39 is 13.9 Å². The van der Waals surface area contributed by atoms with Gasteiger partial charge in [-0.2, -0.15) is 0 Å². The van der Waals surface area contributed by atoms with Crippen LogP contribution in [0, 0.1) is 0 Å². The molecule has 0 saturated heterocycles. The lowest BCUT2D eigenvalue weighted by atomic mass is 11.6. The van der Waals surface area contributed by atoms with Crippen LogP contribution >= 0.6 is 7.60 Å². The largest absolute Gasteiger partial charge is 0.338 e. The Morgan fingerprint density at radius 1 is 1.67 bits per heavy atom. The molecule has 0 heterocycles. The first-order valence-electron chi connectivity index (χ1n) is 1.31. The molecule has 0 spiro atoms. The van der Waals surface area contributed by atoms with E-state index in [4.69, 9.17) is 9.79 Å². The van der Waals surface area contributed by atoms with Crippen molar-refractivity contribution in [2.24, 2.45) is 5.73 Å². The van der Waals surface area contributed by atoms with Gasteiger partial charge in [0.1, 0.15) is 0 Å². The Kier molecular flexibility index (Phi) is 1.74. The highest BCUT2D eigenvalue weighted by atomic mass is 31.2. The summed E-state index contributed by atoms with van der Waals surface area (Å²) < 4.78 is 9.57. The molecule has 38 valence electrons. The van der Waals surface area contributed by atoms with E-state index in [1.165, 1.54) is 0 Å². The van der Waals surface area contributed by atoms with E-state index in [0.717, 1.165) is 0 Å². The minimum atomic E-state index is -3.87. The van der Waals surface area contributed by atoms with Gasteiger partial charge in [-0.1, -0.05) is 0 Å². The lowest BCUT2D eigenvalue weighted by molar-refractivity contribution is 0.374. The number of hydrogen-bond donors (Lipinski definition) is 3. The molecule has 0 aromatic heterocycles. The Hall–Kier alpha value is 0.110. The molecule has 0 atom stereocenters. The van der Waals surface area contributed by atoms with Crippen LogP contribution in [0.5, 0.6) is 0 Å². The summed E-state index contributed by atoms with van der Waals surface area (Å²) in [6.45, 7) is 0. The normalized spacial score (nSPS) is 11.8. The van der Waals surface area contributed by atoms with E-state index in [-0.39, 0.29) is 0 Å². The highest BCUT2D eigenvalue weighted by Gasteiger charge is 2.05. The van der Waals surface area contributed by atoms with Crippen molar-refractivity contribution >= 4 is 7.60 Å². The molecule has 0 bridgehead atoms. The van der Waals surface area contributed by atoms with Gasteiger partial charge in [-0.25, -0.2) is 0 Å². The van der Waals surface area contributed by atoms with Gasteiger partial charge in [0.25, 0.3) is 0 Å². The van der Waals surface area contributed by atoms with Gasteiger partial charge in [0, 0.05) is 0 Å². The second-order valence-corrected chi connectivity index (χ2v) is 2.54. The van der Waals surface area contributed by atoms with Gasteiger partial charge in [0.15, 0.2) is 0 Å². The molecule has 0 radical (unpaired) electrons. The maximum atomic E-state index is 9.57. The Morgan fingerprint density at radius 3 is 1.83 bits per heavy atom. The minimum absolute atomic E-state index is 0.562. The molecule has 0 saturated carbocycles. The average molecular weight is 111 g/mol. The van der Waals surface area contributed by atoms with E-state index in [1.807, 2.05) is 0 Å². The monoisotopic (exact) mass is 111 g/mol. The van der Waals surface area contributed by atoms with Crippen LogP contribution in [-0.4, -0.2) is 16.1 Å². The van der Waals surface area contributed by atoms with Crippen LogP contribution in [0.2, 0.25) is 0 Å². The van der Waals surface area contributed by atoms with Crippen molar-refractivity contribution < 1.29 is 14.4 Å². The van der Waals surface area contributed by atoms with Gasteiger partial charge >= 0.3 is 7.60 Å². The van der Waals surface area contributed by atoms with E-state index in [9.17, 15) is 4.57 Å². The van der Waals surface area contributed by atoms with Gasteiger partial charge in [0.05, 0.1) is 6.29 Å². The van der Waals surface area contributed by atoms with Crippen LogP contribution < -0.4 is 5.73 Å². The maximum Gasteiger partial charge on any atom is 0.338 e. The third kappa shape index (κ3) is 4.11. The Morgan fingerprint density at radius 2 is 1.83 bits per heavy atom. The Labute approximate surface area is 35.1 Å². The second-order valence-electron chi connectivity index (χ2n) is 0.847. The summed E-state index contributed by atoms with van der Waals surface area (Å²) >= 11 is 0. The topological polar surface area (TPSA) is 83.6 Å². The molecular formula is CH6NO3P. The number of nitrogens with two attached hydrogens (primary N) is 1. The zero-order chi connectivity index (χ0) is 5.21. The summed E-state index contributed by atoms with van der Waals surface area (Å²) in [4.78, 5) is 15.6. The summed E-state index contributed by atoms with van der Waals surface area (Å²) in [6.07, 6.45) is -0.562. The average Bonchev–Trinajstić information content (AvgIpc) is 1.35. The first kappa shape index (κ1) is 6.11. The molecule has 4 nitrogen and oxygen atoms in total. The highest BCUT2D eigenvalue weighted by molar-refractivity contribution is 7.51. The third-order valence-electron chi connectivity index (χ3n) is 0.238. The lowest BCUT2D eigenvalue weighted by Crippen LogP contribution is -1.97. The molecule has 0 aromatic carbocycles. The molecule has 0 aliphatic heterocycles. The van der Waals surface area contributed by atoms with E-state index in [0.29, 0.717) is 0 Å². The van der Waals surface area contributed by atoms with Crippen molar-refractivity contribution in [3.8, 4) is 0 Å². The summed E-state index contributed by atoms with van der Waals surface area (Å²) in [6, 6.07) is 0. The molecule has 0 aliphatic carbocycles. The van der Waals surface area contributed by atoms with Crippen LogP contribution in [-0.2, 0) is 4.57 Å². The minimum Gasteiger partial charge on any atom is -0.324 e. The van der Waals surface area contributed by atoms with Crippen LogP contribution in [0.4, 0.5) is 0 Å². The second kappa shape index (κ2) is 1.71. The molecule has 0 aliphatic rings. The fourth-order valence-corrected chi connectivity index (χ4v) is 0. The summed E-state index contributed by atoms with van der Waals surface area (Å²) in [5.41, 5.74) is 4.54. The number of hydrogen-bond acceptors (Lipinski definition) is 2. The van der Waals surface area contributed by atoms with Crippen LogP contribution in [0.3, 0.4) is 0 Å². The van der Waals surface area contributed by atoms with Crippen molar-refractivity contribution in [3.63, 3.8) is 0 Å². The Bertz CT molecular complexity index is 74.9. The van der Waals surface area contributed by atoms with Crippen LogP contribution in [0.15, 0.2) is 0 Å². The third-order valence-corrected chi connectivity index (χ3v) is 0.714. The molecule has 0 rings (SSSR count). The van der Waals surface area contributed by atoms with Gasteiger partial charge in [-0.3, -0.25) is 4.57 Å². The molecule has 5 heteroatoms. The lowest BCUT2D eigenvalue weighted by Gasteiger charge is -1.92. The number of rotatable bonds is 1. The maximum absolute atomic E-state index is 9.57. The molecule has 0 amide bonds. The van der Waals surface area contributed by atoms with Gasteiger partial charge in [-0.15, -0.1) is 0 Å². The van der Waals surface area contributed by atoms with E-state index >= 15 is 0 Å². The van der Waals surface area contributed by atoms with Crippen molar-refractivity contribution in [2.75, 3.05) is 6.29 Å². The molecule has 0 unspecified atom stereocenters. The smallest absolute Gasteiger partial charge is 0.324 e. The van der Waals surface area contributed by atoms with Crippen molar-refractivity contribution in [1.29, 1.82) is 0 Å². The van der Waals surface area contributed by atoms with Crippen molar-refractivity contribution in [2.45, 2.75) is 0 Å². The standard InChI is InChI=1S/CH6NO3P/c2-1-6(3,4)5/h1-2H2,(H2,3,4,5). The quantitative estimate of drug-likeness (QED) is 0.382. The molecule has 6 heavy (non-hydrogen) atoms. The van der Waals surface area contributed by atoms with E-state index in [1.54, 1.807) is 0 Å². The fourth-order valence-electron chi connectivity index (χ4n) is 0. The first-order valence-corrected chi connectivity index (χ1v) is 3.10. The highest BCUT2D eigenvalue weighted by Crippen LogP contribution is 2.30. The fraction of sp³-hybridized carbons (Fsp3) is 1.00. The van der Waals surface area contributed by atoms with Crippen LogP contribution in [0.1, 0.15) is 0 Å². The first-order chi connectivity index (χ1) is 2.56. The van der Waals surface area contributed by atoms with Crippen molar-refractivity contribution in [3.05, 3.63) is 0 Å². The molecular weight excluding hydrogens is 105 g/mol. The molecule has 0 aromatic rings. The SMILES string of the molecule is NCP(=O)(O)O. The van der Waals surface area contributed by atoms with Crippen molar-refractivity contribution in [1.82, 2.24) is 0 Å². The summed E-state index contributed by atoms with van der Waals surface area (Å²) in [5, 5.41) is 0. The molecule has 0 fully saturated rings. The van der Waals surface area contributed by atoms with Crippen LogP contribution in [0.25, 0.3) is 0 Å².